The molecule has 7 nitrogen and oxygen atoms in total. The second-order valence-corrected chi connectivity index (χ2v) is 6.59. The number of hydrogen-bond acceptors (Lipinski definition) is 4. The summed E-state index contributed by atoms with van der Waals surface area (Å²) in [4.78, 5) is 37.4. The molecule has 0 saturated carbocycles. The lowest BCUT2D eigenvalue weighted by Gasteiger charge is -2.18. The molecule has 1 aliphatic rings. The monoisotopic (exact) mass is 403 g/mol. The van der Waals surface area contributed by atoms with E-state index in [0.717, 1.165) is 11.0 Å². The van der Waals surface area contributed by atoms with Gasteiger partial charge in [-0.05, 0) is 30.3 Å². The maximum atomic E-state index is 14.0. The van der Waals surface area contributed by atoms with E-state index in [1.165, 1.54) is 26.2 Å². The van der Waals surface area contributed by atoms with Crippen LogP contribution in [0.15, 0.2) is 36.4 Å². The average molecular weight is 403 g/mol. The highest BCUT2D eigenvalue weighted by Crippen LogP contribution is 2.31. The van der Waals surface area contributed by atoms with E-state index in [1.54, 1.807) is 12.1 Å². The van der Waals surface area contributed by atoms with Gasteiger partial charge < -0.3 is 20.3 Å². The van der Waals surface area contributed by atoms with Gasteiger partial charge in [0.1, 0.15) is 17.4 Å². The van der Waals surface area contributed by atoms with E-state index in [1.807, 2.05) is 0 Å². The molecule has 0 aromatic heterocycles. The molecule has 0 spiro atoms. The molecule has 152 valence electrons. The number of nitrogens with one attached hydrogen (secondary N) is 2. The van der Waals surface area contributed by atoms with Gasteiger partial charge in [0, 0.05) is 31.6 Å². The lowest BCUT2D eigenvalue weighted by Crippen LogP contribution is -2.28. The predicted molar refractivity (Wildman–Crippen MR) is 103 cm³/mol. The van der Waals surface area contributed by atoms with E-state index in [2.05, 4.69) is 10.6 Å². The van der Waals surface area contributed by atoms with Gasteiger partial charge in [0.15, 0.2) is 0 Å². The van der Waals surface area contributed by atoms with E-state index in [9.17, 15) is 23.2 Å². The molecule has 2 N–H and O–H groups in total. The molecule has 1 heterocycles. The maximum Gasteiger partial charge on any atom is 0.229 e. The molecular weight excluding hydrogens is 384 g/mol. The molecule has 1 aliphatic heterocycles. The van der Waals surface area contributed by atoms with Crippen molar-refractivity contribution < 1.29 is 27.9 Å². The Morgan fingerprint density at radius 3 is 2.55 bits per heavy atom. The van der Waals surface area contributed by atoms with Crippen LogP contribution in [0, 0.1) is 17.6 Å². The first-order chi connectivity index (χ1) is 13.8. The molecule has 9 heteroatoms. The zero-order valence-electron chi connectivity index (χ0n) is 15.8. The third-order valence-corrected chi connectivity index (χ3v) is 4.47. The Hall–Kier alpha value is -3.49. The van der Waals surface area contributed by atoms with Crippen LogP contribution in [0.2, 0.25) is 0 Å². The van der Waals surface area contributed by atoms with Gasteiger partial charge in [-0.1, -0.05) is 0 Å². The number of ether oxygens (including phenoxy) is 1. The highest BCUT2D eigenvalue weighted by Gasteiger charge is 2.36. The smallest absolute Gasteiger partial charge is 0.229 e. The third kappa shape index (κ3) is 4.50. The van der Waals surface area contributed by atoms with Gasteiger partial charge >= 0.3 is 0 Å². The average Bonchev–Trinajstić information content (AvgIpc) is 3.03. The molecule has 0 aliphatic carbocycles. The van der Waals surface area contributed by atoms with Gasteiger partial charge in [0.25, 0.3) is 0 Å². The summed E-state index contributed by atoms with van der Waals surface area (Å²) in [6.45, 7) is 1.32. The number of hydrogen-bond donors (Lipinski definition) is 2. The Balaban J connectivity index is 1.76. The van der Waals surface area contributed by atoms with Crippen LogP contribution < -0.4 is 20.3 Å². The van der Waals surface area contributed by atoms with Crippen molar-refractivity contribution in [2.45, 2.75) is 13.3 Å². The molecule has 0 radical (unpaired) electrons. The fourth-order valence-corrected chi connectivity index (χ4v) is 3.14. The number of anilines is 3. The summed E-state index contributed by atoms with van der Waals surface area (Å²) in [7, 11) is 1.43. The van der Waals surface area contributed by atoms with E-state index in [4.69, 9.17) is 4.74 Å². The molecule has 1 fully saturated rings. The number of carbonyl (C=O) groups is 3. The van der Waals surface area contributed by atoms with Crippen LogP contribution in [0.3, 0.4) is 0 Å². The maximum absolute atomic E-state index is 14.0. The van der Waals surface area contributed by atoms with Gasteiger partial charge in [-0.2, -0.15) is 0 Å². The zero-order chi connectivity index (χ0) is 21.1. The number of benzene rings is 2. The van der Waals surface area contributed by atoms with Crippen LogP contribution in [0.25, 0.3) is 0 Å². The zero-order valence-corrected chi connectivity index (χ0v) is 15.8. The van der Waals surface area contributed by atoms with Crippen molar-refractivity contribution in [3.8, 4) is 5.75 Å². The standard InChI is InChI=1S/C20H19F2N3O4/c1-11(26)23-14-4-6-18(29-2)16(9-14)24-20(28)12-7-19(27)25(10-12)17-5-3-13(21)8-15(17)22/h3-6,8-9,12H,7,10H2,1-2H3,(H,23,26)(H,24,28). The molecule has 1 saturated heterocycles. The Morgan fingerprint density at radius 2 is 1.90 bits per heavy atom. The van der Waals surface area contributed by atoms with E-state index in [0.29, 0.717) is 23.2 Å². The Bertz CT molecular complexity index is 980. The summed E-state index contributed by atoms with van der Waals surface area (Å²) >= 11 is 0. The van der Waals surface area contributed by atoms with E-state index in [-0.39, 0.29) is 24.6 Å². The van der Waals surface area contributed by atoms with Crippen LogP contribution in [-0.2, 0) is 14.4 Å². The molecule has 1 atom stereocenters. The molecule has 3 amide bonds. The fourth-order valence-electron chi connectivity index (χ4n) is 3.14. The van der Waals surface area contributed by atoms with Crippen LogP contribution >= 0.6 is 0 Å². The molecule has 0 bridgehead atoms. The second-order valence-electron chi connectivity index (χ2n) is 6.59. The summed E-state index contributed by atoms with van der Waals surface area (Å²) in [6, 6.07) is 7.65. The van der Waals surface area contributed by atoms with Crippen LogP contribution in [-0.4, -0.2) is 31.4 Å². The number of methoxy groups -OCH3 is 1. The lowest BCUT2D eigenvalue weighted by molar-refractivity contribution is -0.122. The third-order valence-electron chi connectivity index (χ3n) is 4.47. The van der Waals surface area contributed by atoms with Gasteiger partial charge in [0.05, 0.1) is 24.4 Å². The van der Waals surface area contributed by atoms with Crippen molar-refractivity contribution >= 4 is 34.8 Å². The molecule has 2 aromatic rings. The summed E-state index contributed by atoms with van der Waals surface area (Å²) in [5.74, 6) is -3.15. The summed E-state index contributed by atoms with van der Waals surface area (Å²) in [6.07, 6.45) is -0.115. The second kappa shape index (κ2) is 8.26. The van der Waals surface area contributed by atoms with Crippen LogP contribution in [0.1, 0.15) is 13.3 Å². The minimum Gasteiger partial charge on any atom is -0.495 e. The largest absolute Gasteiger partial charge is 0.495 e. The van der Waals surface area contributed by atoms with E-state index >= 15 is 0 Å². The first-order valence-corrected chi connectivity index (χ1v) is 8.80. The molecule has 29 heavy (non-hydrogen) atoms. The highest BCUT2D eigenvalue weighted by atomic mass is 19.1. The van der Waals surface area contributed by atoms with Crippen molar-refractivity contribution in [2.24, 2.45) is 5.92 Å². The van der Waals surface area contributed by atoms with E-state index < -0.39 is 29.4 Å². The van der Waals surface area contributed by atoms with Crippen molar-refractivity contribution in [3.63, 3.8) is 0 Å². The normalized spacial score (nSPS) is 15.9. The number of nitrogens with zero attached hydrogens (tertiary/aromatic N) is 1. The summed E-state index contributed by atoms with van der Waals surface area (Å²) in [5.41, 5.74) is 0.714. The number of amides is 3. The van der Waals surface area contributed by atoms with Gasteiger partial charge in [-0.25, -0.2) is 8.78 Å². The van der Waals surface area contributed by atoms with Crippen molar-refractivity contribution in [1.29, 1.82) is 0 Å². The molecule has 1 unspecified atom stereocenters. The first kappa shape index (κ1) is 20.2. The quantitative estimate of drug-likeness (QED) is 0.804. The number of carbonyl (C=O) groups excluding carboxylic acids is 3. The topological polar surface area (TPSA) is 87.7 Å². The Labute approximate surface area is 165 Å². The minimum atomic E-state index is -0.871. The van der Waals surface area contributed by atoms with Crippen molar-refractivity contribution in [2.75, 3.05) is 29.2 Å². The molecular formula is C20H19F2N3O4. The van der Waals surface area contributed by atoms with Crippen molar-refractivity contribution in [3.05, 3.63) is 48.0 Å². The summed E-state index contributed by atoms with van der Waals surface area (Å²) < 4.78 is 32.3. The predicted octanol–water partition coefficient (Wildman–Crippen LogP) is 2.92. The van der Waals surface area contributed by atoms with Crippen LogP contribution in [0.4, 0.5) is 25.8 Å². The first-order valence-electron chi connectivity index (χ1n) is 8.80. The van der Waals surface area contributed by atoms with Gasteiger partial charge in [-0.3, -0.25) is 14.4 Å². The summed E-state index contributed by atoms with van der Waals surface area (Å²) in [5, 5.41) is 5.29. The highest BCUT2D eigenvalue weighted by molar-refractivity contribution is 6.04. The SMILES string of the molecule is COc1ccc(NC(C)=O)cc1NC(=O)C1CC(=O)N(c2ccc(F)cc2F)C1. The Kier molecular flexibility index (Phi) is 5.76. The van der Waals surface area contributed by atoms with Gasteiger partial charge in [-0.15, -0.1) is 0 Å². The fraction of sp³-hybridized carbons (Fsp3) is 0.250. The lowest BCUT2D eigenvalue weighted by atomic mass is 10.1. The van der Waals surface area contributed by atoms with Gasteiger partial charge in [0.2, 0.25) is 17.7 Å². The van der Waals surface area contributed by atoms with Crippen LogP contribution in [0.5, 0.6) is 5.75 Å². The molecule has 2 aromatic carbocycles. The molecule has 3 rings (SSSR count). The minimum absolute atomic E-state index is 0.0408. The number of rotatable bonds is 5. The number of halogens is 2. The Morgan fingerprint density at radius 1 is 1.14 bits per heavy atom. The van der Waals surface area contributed by atoms with Crippen molar-refractivity contribution in [1.82, 2.24) is 0 Å².